The molecule has 0 aliphatic carbocycles. The molecule has 0 aromatic carbocycles. The van der Waals surface area contributed by atoms with Crippen LogP contribution in [0.4, 0.5) is 0 Å². The minimum Gasteiger partial charge on any atom is -0.462 e. The van der Waals surface area contributed by atoms with Gasteiger partial charge in [-0.15, -0.1) is 0 Å². The third-order valence-corrected chi connectivity index (χ3v) is 18.6. The predicted molar refractivity (Wildman–Crippen MR) is 400 cm³/mol. The van der Waals surface area contributed by atoms with Gasteiger partial charge in [0.2, 0.25) is 0 Å². The molecule has 0 aromatic heterocycles. The SMILES string of the molecule is CC/C=C\C/C=C\C/C=C\C/C=C\C/C=C\CCCCCC(=O)OC[C@H](COP(=O)(O)OC[C@@H](O)COP(=O)(O)OC[C@@H](COC(=O)CCCCCCC/C=C\CCCCCC)OC(=O)CCCCCCCCCCCCCCC)OC(=O)CCCCCCCCCCCCCCC. The number of esters is 4. The lowest BCUT2D eigenvalue weighted by atomic mass is 10.0. The topological polar surface area (TPSA) is 237 Å². The highest BCUT2D eigenvalue weighted by Gasteiger charge is 2.30. The molecule has 0 heterocycles. The van der Waals surface area contributed by atoms with Crippen LogP contribution in [0, 0.1) is 0 Å². The first kappa shape index (κ1) is 94.5. The maximum Gasteiger partial charge on any atom is 0.472 e. The van der Waals surface area contributed by atoms with Crippen LogP contribution in [0.2, 0.25) is 0 Å². The molecular formula is C79H142O17P2. The molecule has 0 spiro atoms. The zero-order valence-corrected chi connectivity index (χ0v) is 64.0. The van der Waals surface area contributed by atoms with Crippen molar-refractivity contribution in [2.45, 2.75) is 367 Å². The van der Waals surface area contributed by atoms with E-state index >= 15 is 0 Å². The third-order valence-electron chi connectivity index (χ3n) is 16.7. The van der Waals surface area contributed by atoms with E-state index in [9.17, 15) is 43.2 Å². The number of rotatable bonds is 74. The van der Waals surface area contributed by atoms with Gasteiger partial charge in [0.05, 0.1) is 26.4 Å². The number of aliphatic hydroxyl groups excluding tert-OH is 1. The van der Waals surface area contributed by atoms with Crippen LogP contribution in [0.5, 0.6) is 0 Å². The van der Waals surface area contributed by atoms with Gasteiger partial charge in [0.1, 0.15) is 19.3 Å². The fourth-order valence-corrected chi connectivity index (χ4v) is 12.3. The molecule has 0 fully saturated rings. The average molecular weight is 1430 g/mol. The number of phosphoric acid groups is 2. The molecule has 98 heavy (non-hydrogen) atoms. The fraction of sp³-hybridized carbons (Fsp3) is 0.797. The van der Waals surface area contributed by atoms with Gasteiger partial charge in [0, 0.05) is 25.7 Å². The van der Waals surface area contributed by atoms with Crippen molar-refractivity contribution in [1.29, 1.82) is 0 Å². The normalized spacial score (nSPS) is 14.3. The molecule has 0 aliphatic heterocycles. The third kappa shape index (κ3) is 70.9. The summed E-state index contributed by atoms with van der Waals surface area (Å²) in [6.45, 7) is 4.75. The molecule has 5 atom stereocenters. The van der Waals surface area contributed by atoms with Gasteiger partial charge < -0.3 is 33.8 Å². The van der Waals surface area contributed by atoms with E-state index in [1.807, 2.05) is 0 Å². The van der Waals surface area contributed by atoms with Crippen LogP contribution in [-0.4, -0.2) is 96.7 Å². The summed E-state index contributed by atoms with van der Waals surface area (Å²) in [6.07, 6.45) is 71.7. The number of hydrogen-bond acceptors (Lipinski definition) is 15. The second-order valence-corrected chi connectivity index (χ2v) is 29.2. The molecule has 0 aromatic rings. The number of aliphatic hydroxyl groups is 1. The van der Waals surface area contributed by atoms with Crippen molar-refractivity contribution in [3.8, 4) is 0 Å². The van der Waals surface area contributed by atoms with E-state index in [1.165, 1.54) is 128 Å². The lowest BCUT2D eigenvalue weighted by Crippen LogP contribution is -2.30. The monoisotopic (exact) mass is 1420 g/mol. The maximum atomic E-state index is 13.1. The van der Waals surface area contributed by atoms with Crippen molar-refractivity contribution in [3.05, 3.63) is 72.9 Å². The summed E-state index contributed by atoms with van der Waals surface area (Å²) in [5.41, 5.74) is 0. The lowest BCUT2D eigenvalue weighted by Gasteiger charge is -2.21. The Labute approximate surface area is 596 Å². The largest absolute Gasteiger partial charge is 0.472 e. The molecule has 0 amide bonds. The van der Waals surface area contributed by atoms with Crippen LogP contribution in [-0.2, 0) is 65.4 Å². The van der Waals surface area contributed by atoms with E-state index in [1.54, 1.807) is 0 Å². The number of ether oxygens (including phenoxy) is 4. The van der Waals surface area contributed by atoms with Crippen molar-refractivity contribution in [3.63, 3.8) is 0 Å². The van der Waals surface area contributed by atoms with Crippen LogP contribution < -0.4 is 0 Å². The number of hydrogen-bond donors (Lipinski definition) is 3. The minimum absolute atomic E-state index is 0.0923. The van der Waals surface area contributed by atoms with Gasteiger partial charge in [-0.3, -0.25) is 37.3 Å². The Morgan fingerprint density at radius 1 is 0.296 bits per heavy atom. The molecule has 0 bridgehead atoms. The summed E-state index contributed by atoms with van der Waals surface area (Å²) >= 11 is 0. The summed E-state index contributed by atoms with van der Waals surface area (Å²) in [5, 5.41) is 10.6. The summed E-state index contributed by atoms with van der Waals surface area (Å²) in [5.74, 6) is -2.19. The van der Waals surface area contributed by atoms with Crippen molar-refractivity contribution >= 4 is 39.5 Å². The number of carbonyl (C=O) groups is 4. The summed E-state index contributed by atoms with van der Waals surface area (Å²) in [4.78, 5) is 72.9. The van der Waals surface area contributed by atoms with Crippen molar-refractivity contribution < 1.29 is 80.2 Å². The number of unbranched alkanes of at least 4 members (excludes halogenated alkanes) is 36. The maximum absolute atomic E-state index is 13.1. The van der Waals surface area contributed by atoms with E-state index in [-0.39, 0.29) is 25.7 Å². The van der Waals surface area contributed by atoms with Gasteiger partial charge in [0.15, 0.2) is 12.2 Å². The van der Waals surface area contributed by atoms with Gasteiger partial charge >= 0.3 is 39.5 Å². The van der Waals surface area contributed by atoms with E-state index in [0.717, 1.165) is 141 Å². The highest BCUT2D eigenvalue weighted by molar-refractivity contribution is 7.47. The molecule has 0 aliphatic rings. The lowest BCUT2D eigenvalue weighted by molar-refractivity contribution is -0.161. The Morgan fingerprint density at radius 3 is 0.847 bits per heavy atom. The minimum atomic E-state index is -4.98. The first-order valence-electron chi connectivity index (χ1n) is 39.2. The molecular weight excluding hydrogens is 1280 g/mol. The first-order chi connectivity index (χ1) is 47.7. The average Bonchev–Trinajstić information content (AvgIpc) is 0.966. The molecule has 0 rings (SSSR count). The second-order valence-electron chi connectivity index (χ2n) is 26.3. The molecule has 0 saturated heterocycles. The molecule has 570 valence electrons. The zero-order valence-electron chi connectivity index (χ0n) is 62.2. The first-order valence-corrected chi connectivity index (χ1v) is 42.2. The number of phosphoric ester groups is 2. The van der Waals surface area contributed by atoms with Crippen LogP contribution in [0.3, 0.4) is 0 Å². The van der Waals surface area contributed by atoms with E-state index in [2.05, 4.69) is 101 Å². The van der Waals surface area contributed by atoms with Gasteiger partial charge in [-0.25, -0.2) is 9.13 Å². The highest BCUT2D eigenvalue weighted by atomic mass is 31.2. The van der Waals surface area contributed by atoms with Crippen molar-refractivity contribution in [2.75, 3.05) is 39.6 Å². The molecule has 0 saturated carbocycles. The van der Waals surface area contributed by atoms with Gasteiger partial charge in [-0.2, -0.15) is 0 Å². The molecule has 19 heteroatoms. The van der Waals surface area contributed by atoms with Crippen LogP contribution in [0.15, 0.2) is 72.9 Å². The Hall–Kier alpha value is -3.50. The molecule has 0 radical (unpaired) electrons. The van der Waals surface area contributed by atoms with Crippen molar-refractivity contribution in [2.24, 2.45) is 0 Å². The Kier molecular flexibility index (Phi) is 69.3. The Bertz CT molecular complexity index is 2140. The number of allylic oxidation sites excluding steroid dienone is 12. The highest BCUT2D eigenvalue weighted by Crippen LogP contribution is 2.45. The van der Waals surface area contributed by atoms with Gasteiger partial charge in [-0.05, 0) is 96.3 Å². The van der Waals surface area contributed by atoms with E-state index < -0.39 is 97.5 Å². The predicted octanol–water partition coefficient (Wildman–Crippen LogP) is 22.4. The summed E-state index contributed by atoms with van der Waals surface area (Å²) < 4.78 is 68.5. The Morgan fingerprint density at radius 2 is 0.531 bits per heavy atom. The molecule has 17 nitrogen and oxygen atoms in total. The van der Waals surface area contributed by atoms with E-state index in [4.69, 9.17) is 37.0 Å². The van der Waals surface area contributed by atoms with Crippen LogP contribution in [0.25, 0.3) is 0 Å². The molecule has 2 unspecified atom stereocenters. The summed E-state index contributed by atoms with van der Waals surface area (Å²) in [7, 11) is -9.94. The standard InChI is InChI=1S/C79H142O17P2/c1-5-9-13-17-21-25-29-33-34-35-36-37-38-42-44-48-52-56-60-64-77(82)90-70-75(96-79(84)66-62-58-54-50-46-41-32-28-24-20-16-12-8-4)72-94-98(87,88)92-68-73(80)67-91-97(85,86)93-71-74(95-78(83)65-61-57-53-49-45-40-31-27-23-19-15-11-7-3)69-89-76(81)63-59-55-51-47-43-39-30-26-22-18-14-10-6-2/h9,13,21,25-26,30,33-34,36-37,42,44,73-75,80H,5-8,10-12,14-20,22-24,27-29,31-32,35,38-41,43,45-72H2,1-4H3,(H,85,86)(H,87,88)/b13-9-,25-21-,30-26-,34-33-,37-36-,44-42-/t73-,74+,75+/m0/s1. The van der Waals surface area contributed by atoms with E-state index in [0.29, 0.717) is 25.7 Å². The quantitative estimate of drug-likeness (QED) is 0.0169. The van der Waals surface area contributed by atoms with Crippen molar-refractivity contribution in [1.82, 2.24) is 0 Å². The smallest absolute Gasteiger partial charge is 0.462 e. The van der Waals surface area contributed by atoms with Crippen LogP contribution >= 0.6 is 15.6 Å². The van der Waals surface area contributed by atoms with Gasteiger partial charge in [-0.1, -0.05) is 300 Å². The fourth-order valence-electron chi connectivity index (χ4n) is 10.7. The Balaban J connectivity index is 5.33. The second kappa shape index (κ2) is 71.9. The molecule has 3 N–H and O–H groups in total. The summed E-state index contributed by atoms with van der Waals surface area (Å²) in [6, 6.07) is 0. The zero-order chi connectivity index (χ0) is 71.8. The van der Waals surface area contributed by atoms with Gasteiger partial charge in [0.25, 0.3) is 0 Å². The van der Waals surface area contributed by atoms with Crippen LogP contribution in [0.1, 0.15) is 349 Å². The number of carbonyl (C=O) groups excluding carboxylic acids is 4.